The standard InChI is InChI=1S/C28H33ClN4O3/c1-36-16-4-15-31-27(35)21-6-2-5-20(17-21)25-9-10-26(34)33(32-25)24-11-13-28(19-30,14-12-24)22-7-3-8-23(29)18-22/h2-3,5-10,17-18,24H,4,11-16,19,30H2,1H3,(H,31,35)/t24-,28-. The number of nitrogens with zero attached hydrogens (tertiary/aromatic N) is 2. The lowest BCUT2D eigenvalue weighted by atomic mass is 9.68. The van der Waals surface area contributed by atoms with Gasteiger partial charge in [0.2, 0.25) is 0 Å². The van der Waals surface area contributed by atoms with E-state index < -0.39 is 0 Å². The molecule has 7 nitrogen and oxygen atoms in total. The zero-order chi connectivity index (χ0) is 25.5. The van der Waals surface area contributed by atoms with Crippen LogP contribution < -0.4 is 16.6 Å². The summed E-state index contributed by atoms with van der Waals surface area (Å²) in [4.78, 5) is 25.3. The van der Waals surface area contributed by atoms with E-state index in [0.29, 0.717) is 36.0 Å². The first-order chi connectivity index (χ1) is 17.5. The van der Waals surface area contributed by atoms with Crippen molar-refractivity contribution in [1.29, 1.82) is 0 Å². The summed E-state index contributed by atoms with van der Waals surface area (Å²) in [6.07, 6.45) is 4.05. The summed E-state index contributed by atoms with van der Waals surface area (Å²) in [5, 5.41) is 8.33. The van der Waals surface area contributed by atoms with Gasteiger partial charge in [-0.2, -0.15) is 5.10 Å². The van der Waals surface area contributed by atoms with Crippen LogP contribution in [0.15, 0.2) is 65.5 Å². The van der Waals surface area contributed by atoms with E-state index >= 15 is 0 Å². The van der Waals surface area contributed by atoms with Gasteiger partial charge < -0.3 is 15.8 Å². The molecule has 190 valence electrons. The maximum Gasteiger partial charge on any atom is 0.267 e. The molecular formula is C28H33ClN4O3. The average Bonchev–Trinajstić information content (AvgIpc) is 2.91. The van der Waals surface area contributed by atoms with E-state index in [4.69, 9.17) is 27.2 Å². The highest BCUT2D eigenvalue weighted by Crippen LogP contribution is 2.42. The van der Waals surface area contributed by atoms with Crippen LogP contribution in [0.2, 0.25) is 5.02 Å². The number of nitrogens with two attached hydrogens (primary N) is 1. The van der Waals surface area contributed by atoms with Gasteiger partial charge in [-0.15, -0.1) is 0 Å². The Morgan fingerprint density at radius 2 is 1.94 bits per heavy atom. The van der Waals surface area contributed by atoms with Crippen molar-refractivity contribution in [3.05, 3.63) is 87.2 Å². The Morgan fingerprint density at radius 1 is 1.17 bits per heavy atom. The number of methoxy groups -OCH3 is 1. The molecule has 2 aromatic carbocycles. The van der Waals surface area contributed by atoms with Gasteiger partial charge in [-0.1, -0.05) is 35.9 Å². The minimum atomic E-state index is -0.146. The molecule has 0 saturated heterocycles. The van der Waals surface area contributed by atoms with E-state index in [1.54, 1.807) is 30.0 Å². The fourth-order valence-electron chi connectivity index (χ4n) is 5.01. The highest BCUT2D eigenvalue weighted by atomic mass is 35.5. The fourth-order valence-corrected chi connectivity index (χ4v) is 5.20. The lowest BCUT2D eigenvalue weighted by molar-refractivity contribution is 0.0948. The molecule has 0 bridgehead atoms. The molecule has 8 heteroatoms. The second-order valence-electron chi connectivity index (χ2n) is 9.41. The summed E-state index contributed by atoms with van der Waals surface area (Å²) in [5.41, 5.74) is 9.14. The number of carbonyl (C=O) groups excluding carboxylic acids is 1. The van der Waals surface area contributed by atoms with Gasteiger partial charge in [-0.05, 0) is 68.0 Å². The van der Waals surface area contributed by atoms with Crippen molar-refractivity contribution < 1.29 is 9.53 Å². The Morgan fingerprint density at radius 3 is 2.67 bits per heavy atom. The van der Waals surface area contributed by atoms with Gasteiger partial charge in [-0.25, -0.2) is 4.68 Å². The maximum atomic E-state index is 12.8. The van der Waals surface area contributed by atoms with Crippen LogP contribution in [0, 0.1) is 0 Å². The smallest absolute Gasteiger partial charge is 0.267 e. The molecule has 0 radical (unpaired) electrons. The van der Waals surface area contributed by atoms with Crippen LogP contribution in [-0.2, 0) is 10.2 Å². The van der Waals surface area contributed by atoms with E-state index in [2.05, 4.69) is 11.4 Å². The first kappa shape index (κ1) is 26.1. The van der Waals surface area contributed by atoms with Crippen molar-refractivity contribution in [2.75, 3.05) is 26.8 Å². The summed E-state index contributed by atoms with van der Waals surface area (Å²) in [5.74, 6) is -0.146. The number of hydrogen-bond acceptors (Lipinski definition) is 5. The molecule has 3 aromatic rings. The average molecular weight is 509 g/mol. The summed E-state index contributed by atoms with van der Waals surface area (Å²) < 4.78 is 6.63. The van der Waals surface area contributed by atoms with Crippen LogP contribution in [0.4, 0.5) is 0 Å². The molecular weight excluding hydrogens is 476 g/mol. The number of amides is 1. The summed E-state index contributed by atoms with van der Waals surface area (Å²) >= 11 is 6.25. The van der Waals surface area contributed by atoms with Gasteiger partial charge in [0, 0.05) is 54.4 Å². The van der Waals surface area contributed by atoms with Gasteiger partial charge in [0.05, 0.1) is 11.7 Å². The van der Waals surface area contributed by atoms with Gasteiger partial charge in [0.1, 0.15) is 0 Å². The molecule has 1 fully saturated rings. The van der Waals surface area contributed by atoms with Crippen LogP contribution >= 0.6 is 11.6 Å². The second-order valence-corrected chi connectivity index (χ2v) is 9.85. The third-order valence-electron chi connectivity index (χ3n) is 7.14. The molecule has 36 heavy (non-hydrogen) atoms. The molecule has 1 amide bonds. The highest BCUT2D eigenvalue weighted by molar-refractivity contribution is 6.30. The summed E-state index contributed by atoms with van der Waals surface area (Å²) in [6, 6.07) is 18.5. The largest absolute Gasteiger partial charge is 0.385 e. The normalized spacial score (nSPS) is 19.7. The highest BCUT2D eigenvalue weighted by Gasteiger charge is 2.37. The van der Waals surface area contributed by atoms with Crippen molar-refractivity contribution in [2.24, 2.45) is 5.73 Å². The van der Waals surface area contributed by atoms with Gasteiger partial charge in [0.25, 0.3) is 11.5 Å². The van der Waals surface area contributed by atoms with Crippen LogP contribution in [0.5, 0.6) is 0 Å². The van der Waals surface area contributed by atoms with Crippen molar-refractivity contribution in [2.45, 2.75) is 43.6 Å². The first-order valence-corrected chi connectivity index (χ1v) is 12.8. The molecule has 1 aromatic heterocycles. The lowest BCUT2D eigenvalue weighted by Gasteiger charge is -2.40. The molecule has 0 unspecified atom stereocenters. The molecule has 1 aliphatic carbocycles. The predicted molar refractivity (Wildman–Crippen MR) is 142 cm³/mol. The molecule has 1 aliphatic rings. The zero-order valence-electron chi connectivity index (χ0n) is 20.6. The minimum Gasteiger partial charge on any atom is -0.385 e. The molecule has 1 heterocycles. The van der Waals surface area contributed by atoms with Crippen LogP contribution in [0.25, 0.3) is 11.3 Å². The molecule has 0 aliphatic heterocycles. The number of halogens is 1. The number of benzene rings is 2. The van der Waals surface area contributed by atoms with E-state index in [-0.39, 0.29) is 22.9 Å². The van der Waals surface area contributed by atoms with Crippen LogP contribution in [0.3, 0.4) is 0 Å². The third kappa shape index (κ3) is 5.86. The number of nitrogens with one attached hydrogen (secondary N) is 1. The quantitative estimate of drug-likeness (QED) is 0.419. The molecule has 0 atom stereocenters. The van der Waals surface area contributed by atoms with E-state index in [9.17, 15) is 9.59 Å². The van der Waals surface area contributed by atoms with E-state index in [1.165, 1.54) is 0 Å². The predicted octanol–water partition coefficient (Wildman–Crippen LogP) is 4.34. The molecule has 3 N–H and O–H groups in total. The van der Waals surface area contributed by atoms with Crippen LogP contribution in [-0.4, -0.2) is 42.5 Å². The van der Waals surface area contributed by atoms with Gasteiger partial charge >= 0.3 is 0 Å². The van der Waals surface area contributed by atoms with Gasteiger partial charge in [-0.3, -0.25) is 9.59 Å². The Kier molecular flexibility index (Phi) is 8.56. The van der Waals surface area contributed by atoms with E-state index in [0.717, 1.165) is 43.2 Å². The maximum absolute atomic E-state index is 12.8. The Balaban J connectivity index is 1.51. The fraction of sp³-hybridized carbons (Fsp3) is 0.393. The number of ether oxygens (including phenoxy) is 1. The number of rotatable bonds is 9. The van der Waals surface area contributed by atoms with E-state index in [1.807, 2.05) is 36.4 Å². The van der Waals surface area contributed by atoms with Crippen LogP contribution in [0.1, 0.15) is 54.1 Å². The van der Waals surface area contributed by atoms with Crippen molar-refractivity contribution in [3.63, 3.8) is 0 Å². The Hall–Kier alpha value is -3.00. The summed E-state index contributed by atoms with van der Waals surface area (Å²) in [7, 11) is 1.64. The Labute approximate surface area is 216 Å². The van der Waals surface area contributed by atoms with Crippen molar-refractivity contribution in [3.8, 4) is 11.3 Å². The number of hydrogen-bond donors (Lipinski definition) is 2. The Bertz CT molecular complexity index is 1250. The first-order valence-electron chi connectivity index (χ1n) is 12.4. The third-order valence-corrected chi connectivity index (χ3v) is 7.38. The second kappa shape index (κ2) is 11.8. The summed E-state index contributed by atoms with van der Waals surface area (Å²) in [6.45, 7) is 1.67. The van der Waals surface area contributed by atoms with Crippen molar-refractivity contribution >= 4 is 17.5 Å². The lowest BCUT2D eigenvalue weighted by Crippen LogP contribution is -2.41. The van der Waals surface area contributed by atoms with Gasteiger partial charge in [0.15, 0.2) is 0 Å². The molecule has 1 saturated carbocycles. The molecule has 0 spiro atoms. The monoisotopic (exact) mass is 508 g/mol. The van der Waals surface area contributed by atoms with Crippen molar-refractivity contribution in [1.82, 2.24) is 15.1 Å². The number of aromatic nitrogens is 2. The molecule has 4 rings (SSSR count). The topological polar surface area (TPSA) is 99.2 Å². The SMILES string of the molecule is COCCCNC(=O)c1cccc(-c2ccc(=O)n([C@H]3CC[C@](CN)(c4cccc(Cl)c4)CC3)n2)c1. The minimum absolute atomic E-state index is 0.0106. The number of carbonyl (C=O) groups is 1. The zero-order valence-corrected chi connectivity index (χ0v) is 21.3.